The van der Waals surface area contributed by atoms with Gasteiger partial charge in [-0.3, -0.25) is 0 Å². The van der Waals surface area contributed by atoms with Gasteiger partial charge in [0.15, 0.2) is 18.4 Å². The molecule has 3 heterocycles. The van der Waals surface area contributed by atoms with Crippen molar-refractivity contribution in [3.05, 3.63) is 0 Å². The minimum atomic E-state index is -1.49. The molecule has 53 heavy (non-hydrogen) atoms. The van der Waals surface area contributed by atoms with Gasteiger partial charge in [-0.05, 0) is 104 Å². The summed E-state index contributed by atoms with van der Waals surface area (Å²) in [6.07, 6.45) is -3.89. The van der Waals surface area contributed by atoms with E-state index < -0.39 is 80.4 Å². The summed E-state index contributed by atoms with van der Waals surface area (Å²) in [7, 11) is 0. The fourth-order valence-corrected chi connectivity index (χ4v) is 12.7. The molecule has 0 aromatic heterocycles. The molecule has 3 aliphatic heterocycles. The monoisotopic (exact) mass is 758 g/mol. The van der Waals surface area contributed by atoms with Crippen molar-refractivity contribution in [3.63, 3.8) is 0 Å². The van der Waals surface area contributed by atoms with Crippen LogP contribution in [0.4, 0.5) is 0 Å². The minimum Gasteiger partial charge on any atom is -0.394 e. The van der Waals surface area contributed by atoms with Crippen molar-refractivity contribution in [2.24, 2.45) is 52.3 Å². The fourth-order valence-electron chi connectivity index (χ4n) is 12.7. The number of aliphatic hydroxyl groups is 9. The lowest BCUT2D eigenvalue weighted by Crippen LogP contribution is -2.60. The third-order valence-corrected chi connectivity index (χ3v) is 15.9. The molecule has 9 unspecified atom stereocenters. The van der Waals surface area contributed by atoms with Crippen molar-refractivity contribution in [1.82, 2.24) is 0 Å². The van der Waals surface area contributed by atoms with E-state index in [0.717, 1.165) is 51.4 Å². The molecule has 0 bridgehead atoms. The summed E-state index contributed by atoms with van der Waals surface area (Å²) in [5.41, 5.74) is 0.235. The molecule has 0 spiro atoms. The zero-order valence-electron chi connectivity index (χ0n) is 31.7. The van der Waals surface area contributed by atoms with Crippen LogP contribution in [0.15, 0.2) is 0 Å². The molecule has 0 aromatic carbocycles. The first-order valence-electron chi connectivity index (χ1n) is 20.3. The van der Waals surface area contributed by atoms with Gasteiger partial charge in [-0.25, -0.2) is 0 Å². The Morgan fingerprint density at radius 2 is 1.36 bits per heavy atom. The number of ether oxygens (including phenoxy) is 5. The summed E-state index contributed by atoms with van der Waals surface area (Å²) in [4.78, 5) is 0. The molecule has 3 saturated heterocycles. The van der Waals surface area contributed by atoms with Gasteiger partial charge >= 0.3 is 0 Å². The molecule has 0 aromatic rings. The Balaban J connectivity index is 0.931. The lowest BCUT2D eigenvalue weighted by molar-refractivity contribution is -0.316. The van der Waals surface area contributed by atoms with E-state index in [4.69, 9.17) is 23.7 Å². The molecule has 0 amide bonds. The van der Waals surface area contributed by atoms with Gasteiger partial charge in [0, 0.05) is 12.3 Å². The Morgan fingerprint density at radius 3 is 2.02 bits per heavy atom. The van der Waals surface area contributed by atoms with Crippen molar-refractivity contribution < 1.29 is 69.6 Å². The second-order valence-electron chi connectivity index (χ2n) is 18.7. The molecule has 7 fully saturated rings. The molecule has 14 heteroatoms. The van der Waals surface area contributed by atoms with Gasteiger partial charge in [0.1, 0.15) is 48.8 Å². The molecule has 9 N–H and O–H groups in total. The first-order valence-corrected chi connectivity index (χ1v) is 20.3. The maximum absolute atomic E-state index is 12.0. The van der Waals surface area contributed by atoms with E-state index in [1.165, 1.54) is 0 Å². The van der Waals surface area contributed by atoms with E-state index >= 15 is 0 Å². The van der Waals surface area contributed by atoms with Crippen LogP contribution in [-0.4, -0.2) is 145 Å². The highest BCUT2D eigenvalue weighted by molar-refractivity contribution is 5.15. The molecule has 7 rings (SSSR count). The van der Waals surface area contributed by atoms with Gasteiger partial charge in [0.05, 0.1) is 32.0 Å². The van der Waals surface area contributed by atoms with Crippen molar-refractivity contribution >= 4 is 0 Å². The first-order chi connectivity index (χ1) is 25.1. The predicted molar refractivity (Wildman–Crippen MR) is 186 cm³/mol. The maximum atomic E-state index is 12.0. The lowest BCUT2D eigenvalue weighted by atomic mass is 9.44. The fraction of sp³-hybridized carbons (Fsp3) is 1.00. The zero-order chi connectivity index (χ0) is 38.2. The van der Waals surface area contributed by atoms with E-state index in [1.807, 2.05) is 6.92 Å². The molecule has 0 radical (unpaired) electrons. The normalized spacial score (nSPS) is 55.9. The molecule has 14 nitrogen and oxygen atoms in total. The Morgan fingerprint density at radius 1 is 0.736 bits per heavy atom. The topological polar surface area (TPSA) is 228 Å². The summed E-state index contributed by atoms with van der Waals surface area (Å²) in [6, 6.07) is 0. The number of rotatable bonds is 10. The largest absolute Gasteiger partial charge is 0.394 e. The second kappa shape index (κ2) is 15.3. The highest BCUT2D eigenvalue weighted by Crippen LogP contribution is 2.71. The van der Waals surface area contributed by atoms with E-state index in [9.17, 15) is 46.0 Å². The van der Waals surface area contributed by atoms with Crippen molar-refractivity contribution in [2.45, 2.75) is 171 Å². The van der Waals surface area contributed by atoms with Gasteiger partial charge < -0.3 is 69.6 Å². The standard InChI is InChI=1S/C39H66O14/c1-18(17-49-35-33(46)31(44)29(42)26(15-40)51-35)7-12-39(48)19(2)28-25(53-39)14-24-22-6-5-20-13-21(8-10-37(20,3)23(22)9-11-38(24,28)4)50-36-34(47)32(45)30(43)27(16-41)52-36/h18-36,40-48H,5-17H2,1-4H3/t18-,19+,20?,21?,22?,23?,24?,25?,26-,27-,28?,29+,30+,31+,32+,33-,34-,35-,36-,37?,38?,39-/m1/s1. The third kappa shape index (κ3) is 6.96. The molecule has 4 saturated carbocycles. The van der Waals surface area contributed by atoms with E-state index in [2.05, 4.69) is 20.8 Å². The van der Waals surface area contributed by atoms with Crippen molar-refractivity contribution in [1.29, 1.82) is 0 Å². The van der Waals surface area contributed by atoms with Crippen LogP contribution in [0.1, 0.15) is 91.9 Å². The SMILES string of the molecule is C[C@H](CC[C@@]1(O)OC2CC3C4CCC5CC(O[C@@H]6O[C@H](CO)[C@H](O)[C@H](O)[C@H]6O)CCC5(C)C4CCC3(C)C2[C@@H]1C)CO[C@@H]1O[C@H](CO)[C@H](O)[C@H](O)[C@H]1O. The van der Waals surface area contributed by atoms with Crippen LogP contribution in [0.25, 0.3) is 0 Å². The number of aliphatic hydroxyl groups excluding tert-OH is 8. The highest BCUT2D eigenvalue weighted by Gasteiger charge is 2.68. The van der Waals surface area contributed by atoms with Crippen LogP contribution in [0.2, 0.25) is 0 Å². The predicted octanol–water partition coefficient (Wildman–Crippen LogP) is 0.397. The van der Waals surface area contributed by atoms with E-state index in [1.54, 1.807) is 0 Å². The first kappa shape index (κ1) is 40.6. The second-order valence-corrected chi connectivity index (χ2v) is 18.7. The van der Waals surface area contributed by atoms with Crippen molar-refractivity contribution in [3.8, 4) is 0 Å². The quantitative estimate of drug-likeness (QED) is 0.138. The molecule has 22 atom stereocenters. The number of hydrogen-bond acceptors (Lipinski definition) is 14. The lowest BCUT2D eigenvalue weighted by Gasteiger charge is -2.61. The van der Waals surface area contributed by atoms with Crippen LogP contribution in [0.3, 0.4) is 0 Å². The summed E-state index contributed by atoms with van der Waals surface area (Å²) in [6.45, 7) is 8.25. The summed E-state index contributed by atoms with van der Waals surface area (Å²) < 4.78 is 29.8. The van der Waals surface area contributed by atoms with Gasteiger partial charge in [-0.15, -0.1) is 0 Å². The molecular formula is C39H66O14. The number of hydrogen-bond donors (Lipinski definition) is 9. The smallest absolute Gasteiger partial charge is 0.186 e. The molecule has 306 valence electrons. The zero-order valence-corrected chi connectivity index (χ0v) is 31.7. The van der Waals surface area contributed by atoms with Gasteiger partial charge in [0.25, 0.3) is 0 Å². The summed E-state index contributed by atoms with van der Waals surface area (Å²) in [5.74, 6) is 1.11. The highest BCUT2D eigenvalue weighted by atomic mass is 16.7. The van der Waals surface area contributed by atoms with Crippen LogP contribution in [-0.2, 0) is 23.7 Å². The van der Waals surface area contributed by atoms with Crippen LogP contribution >= 0.6 is 0 Å². The molecule has 7 aliphatic rings. The Labute approximate surface area is 312 Å². The van der Waals surface area contributed by atoms with Crippen LogP contribution < -0.4 is 0 Å². The van der Waals surface area contributed by atoms with Crippen molar-refractivity contribution in [2.75, 3.05) is 19.8 Å². The molecule has 4 aliphatic carbocycles. The summed E-state index contributed by atoms with van der Waals surface area (Å²) >= 11 is 0. The Kier molecular flexibility index (Phi) is 11.7. The summed E-state index contributed by atoms with van der Waals surface area (Å²) in [5, 5.41) is 92.5. The van der Waals surface area contributed by atoms with Gasteiger partial charge in [-0.2, -0.15) is 0 Å². The third-order valence-electron chi connectivity index (χ3n) is 15.9. The van der Waals surface area contributed by atoms with Crippen LogP contribution in [0.5, 0.6) is 0 Å². The van der Waals surface area contributed by atoms with Gasteiger partial charge in [-0.1, -0.05) is 27.7 Å². The maximum Gasteiger partial charge on any atom is 0.186 e. The van der Waals surface area contributed by atoms with E-state index in [0.29, 0.717) is 36.5 Å². The van der Waals surface area contributed by atoms with E-state index in [-0.39, 0.29) is 47.4 Å². The average molecular weight is 759 g/mol. The Hall–Kier alpha value is -0.560. The van der Waals surface area contributed by atoms with Gasteiger partial charge in [0.2, 0.25) is 0 Å². The average Bonchev–Trinajstić information content (AvgIpc) is 3.57. The molecular weight excluding hydrogens is 692 g/mol. The Bertz CT molecular complexity index is 1260. The van der Waals surface area contributed by atoms with Crippen LogP contribution in [0, 0.1) is 52.3 Å². The number of fused-ring (bicyclic) bond motifs is 7. The minimum absolute atomic E-state index is 0.00220.